The number of rotatable bonds is 4. The van der Waals surface area contributed by atoms with E-state index in [0.29, 0.717) is 17.4 Å². The van der Waals surface area contributed by atoms with Crippen molar-refractivity contribution in [2.75, 3.05) is 7.11 Å². The van der Waals surface area contributed by atoms with E-state index < -0.39 is 5.97 Å². The molecular formula is C12H18N2O2. The Hall–Kier alpha value is -1.45. The molecule has 4 heteroatoms. The molecule has 0 N–H and O–H groups in total. The highest BCUT2D eigenvalue weighted by Gasteiger charge is 2.14. The van der Waals surface area contributed by atoms with Gasteiger partial charge in [-0.2, -0.15) is 0 Å². The maximum Gasteiger partial charge on any atom is 0.356 e. The molecule has 1 aromatic heterocycles. The third kappa shape index (κ3) is 2.78. The van der Waals surface area contributed by atoms with E-state index >= 15 is 0 Å². The van der Waals surface area contributed by atoms with Gasteiger partial charge in [-0.3, -0.25) is 0 Å². The van der Waals surface area contributed by atoms with Gasteiger partial charge in [0, 0.05) is 11.6 Å². The molecule has 0 aliphatic rings. The second-order valence-electron chi connectivity index (χ2n) is 3.73. The van der Waals surface area contributed by atoms with Crippen LogP contribution in [0.1, 0.15) is 54.6 Å². The van der Waals surface area contributed by atoms with Gasteiger partial charge < -0.3 is 4.74 Å². The molecule has 0 amide bonds. The number of nitrogens with zero attached hydrogens (tertiary/aromatic N) is 2. The highest BCUT2D eigenvalue weighted by Crippen LogP contribution is 2.21. The average molecular weight is 222 g/mol. The molecule has 0 unspecified atom stereocenters. The zero-order valence-corrected chi connectivity index (χ0v) is 10.3. The van der Waals surface area contributed by atoms with E-state index in [9.17, 15) is 4.79 Å². The van der Waals surface area contributed by atoms with Crippen LogP contribution < -0.4 is 0 Å². The molecule has 0 radical (unpaired) electrons. The zero-order chi connectivity index (χ0) is 12.1. The summed E-state index contributed by atoms with van der Waals surface area (Å²) in [6, 6.07) is 1.73. The van der Waals surface area contributed by atoms with Gasteiger partial charge in [-0.15, -0.1) is 0 Å². The van der Waals surface area contributed by atoms with E-state index in [1.54, 1.807) is 13.0 Å². The number of aromatic nitrogens is 2. The minimum atomic E-state index is -0.405. The Kier molecular flexibility index (Phi) is 4.40. The Morgan fingerprint density at radius 2 is 2.00 bits per heavy atom. The average Bonchev–Trinajstić information content (AvgIpc) is 2.29. The summed E-state index contributed by atoms with van der Waals surface area (Å²) in [7, 11) is 1.36. The molecule has 16 heavy (non-hydrogen) atoms. The molecule has 0 spiro atoms. The molecule has 0 aromatic carbocycles. The summed E-state index contributed by atoms with van der Waals surface area (Å²) in [6.45, 7) is 6.02. The fourth-order valence-electron chi connectivity index (χ4n) is 1.72. The first kappa shape index (κ1) is 12.6. The first-order valence-electron chi connectivity index (χ1n) is 5.56. The van der Waals surface area contributed by atoms with Crippen molar-refractivity contribution >= 4 is 5.97 Å². The van der Waals surface area contributed by atoms with Gasteiger partial charge >= 0.3 is 5.97 Å². The molecule has 0 saturated carbocycles. The quantitative estimate of drug-likeness (QED) is 0.734. The van der Waals surface area contributed by atoms with Crippen LogP contribution in [0, 0.1) is 6.92 Å². The van der Waals surface area contributed by atoms with E-state index in [4.69, 9.17) is 0 Å². The van der Waals surface area contributed by atoms with Crippen LogP contribution in [0.3, 0.4) is 0 Å². The topological polar surface area (TPSA) is 52.1 Å². The number of hydrogen-bond donors (Lipinski definition) is 0. The van der Waals surface area contributed by atoms with Crippen molar-refractivity contribution < 1.29 is 9.53 Å². The van der Waals surface area contributed by atoms with E-state index in [1.165, 1.54) is 7.11 Å². The molecule has 4 nitrogen and oxygen atoms in total. The molecule has 1 aromatic rings. The molecule has 0 fully saturated rings. The summed E-state index contributed by atoms with van der Waals surface area (Å²) < 4.78 is 4.66. The van der Waals surface area contributed by atoms with E-state index in [2.05, 4.69) is 28.6 Å². The molecule has 0 saturated heterocycles. The predicted octanol–water partition coefficient (Wildman–Crippen LogP) is 2.48. The lowest BCUT2D eigenvalue weighted by Crippen LogP contribution is -2.10. The summed E-state index contributed by atoms with van der Waals surface area (Å²) >= 11 is 0. The lowest BCUT2D eigenvalue weighted by molar-refractivity contribution is 0.0593. The van der Waals surface area contributed by atoms with Crippen LogP contribution in [-0.4, -0.2) is 23.0 Å². The number of ether oxygens (including phenoxy) is 1. The maximum absolute atomic E-state index is 11.4. The van der Waals surface area contributed by atoms with Crippen LogP contribution in [0.5, 0.6) is 0 Å². The van der Waals surface area contributed by atoms with Gasteiger partial charge in [-0.25, -0.2) is 14.8 Å². The Morgan fingerprint density at radius 3 is 2.50 bits per heavy atom. The fourth-order valence-corrected chi connectivity index (χ4v) is 1.72. The Balaban J connectivity index is 3.11. The highest BCUT2D eigenvalue weighted by molar-refractivity contribution is 5.87. The van der Waals surface area contributed by atoms with Gasteiger partial charge in [0.1, 0.15) is 5.82 Å². The van der Waals surface area contributed by atoms with Crippen LogP contribution in [-0.2, 0) is 4.74 Å². The third-order valence-electron chi connectivity index (χ3n) is 2.66. The monoisotopic (exact) mass is 222 g/mol. The Labute approximate surface area is 96.1 Å². The van der Waals surface area contributed by atoms with Gasteiger partial charge in [-0.1, -0.05) is 13.8 Å². The van der Waals surface area contributed by atoms with Crippen molar-refractivity contribution in [2.24, 2.45) is 0 Å². The number of aryl methyl sites for hydroxylation is 1. The highest BCUT2D eigenvalue weighted by atomic mass is 16.5. The van der Waals surface area contributed by atoms with E-state index in [0.717, 1.165) is 18.5 Å². The van der Waals surface area contributed by atoms with Crippen LogP contribution in [0.15, 0.2) is 6.07 Å². The molecule has 88 valence electrons. The smallest absolute Gasteiger partial charge is 0.356 e. The molecule has 0 aliphatic carbocycles. The minimum Gasteiger partial charge on any atom is -0.464 e. The van der Waals surface area contributed by atoms with Gasteiger partial charge in [0.25, 0.3) is 0 Å². The number of carbonyl (C=O) groups excluding carboxylic acids is 1. The number of hydrogen-bond acceptors (Lipinski definition) is 4. The first-order chi connectivity index (χ1) is 7.62. The van der Waals surface area contributed by atoms with Crippen LogP contribution in [0.2, 0.25) is 0 Å². The summed E-state index contributed by atoms with van der Waals surface area (Å²) in [6.07, 6.45) is 2.02. The number of carbonyl (C=O) groups is 1. The second kappa shape index (κ2) is 5.58. The van der Waals surface area contributed by atoms with E-state index in [-0.39, 0.29) is 0 Å². The molecule has 0 atom stereocenters. The zero-order valence-electron chi connectivity index (χ0n) is 10.3. The fraction of sp³-hybridized carbons (Fsp3) is 0.583. The van der Waals surface area contributed by atoms with E-state index in [1.807, 2.05) is 0 Å². The molecule has 0 bridgehead atoms. The summed E-state index contributed by atoms with van der Waals surface area (Å²) in [4.78, 5) is 19.8. The largest absolute Gasteiger partial charge is 0.464 e. The first-order valence-corrected chi connectivity index (χ1v) is 5.56. The van der Waals surface area contributed by atoms with Crippen LogP contribution in [0.4, 0.5) is 0 Å². The lowest BCUT2D eigenvalue weighted by Gasteiger charge is -2.12. The maximum atomic E-state index is 11.4. The van der Waals surface area contributed by atoms with Gasteiger partial charge in [0.05, 0.1) is 7.11 Å². The van der Waals surface area contributed by atoms with Crippen LogP contribution >= 0.6 is 0 Å². The SMILES string of the molecule is CCC(CC)c1cc(C(=O)OC)nc(C)n1. The molecular weight excluding hydrogens is 204 g/mol. The Bertz CT molecular complexity index is 373. The molecule has 1 rings (SSSR count). The van der Waals surface area contributed by atoms with Gasteiger partial charge in [-0.05, 0) is 25.8 Å². The normalized spacial score (nSPS) is 10.6. The van der Waals surface area contributed by atoms with Crippen molar-refractivity contribution in [2.45, 2.75) is 39.5 Å². The van der Waals surface area contributed by atoms with Crippen LogP contribution in [0.25, 0.3) is 0 Å². The van der Waals surface area contributed by atoms with Gasteiger partial charge in [0.2, 0.25) is 0 Å². The Morgan fingerprint density at radius 1 is 1.38 bits per heavy atom. The third-order valence-corrected chi connectivity index (χ3v) is 2.66. The lowest BCUT2D eigenvalue weighted by atomic mass is 9.98. The minimum absolute atomic E-state index is 0.344. The van der Waals surface area contributed by atoms with Crippen molar-refractivity contribution in [3.63, 3.8) is 0 Å². The molecule has 0 aliphatic heterocycles. The number of esters is 1. The van der Waals surface area contributed by atoms with Crippen molar-refractivity contribution in [3.05, 3.63) is 23.3 Å². The summed E-state index contributed by atoms with van der Waals surface area (Å²) in [5.41, 5.74) is 1.27. The molecule has 1 heterocycles. The van der Waals surface area contributed by atoms with Crippen molar-refractivity contribution in [3.8, 4) is 0 Å². The second-order valence-corrected chi connectivity index (χ2v) is 3.73. The van der Waals surface area contributed by atoms with Gasteiger partial charge in [0.15, 0.2) is 5.69 Å². The summed E-state index contributed by atoms with van der Waals surface area (Å²) in [5, 5.41) is 0. The summed E-state index contributed by atoms with van der Waals surface area (Å²) in [5.74, 6) is 0.590. The number of methoxy groups -OCH3 is 1. The predicted molar refractivity (Wildman–Crippen MR) is 61.4 cm³/mol. The standard InChI is InChI=1S/C12H18N2O2/c1-5-9(6-2)10-7-11(12(15)16-4)14-8(3)13-10/h7,9H,5-6H2,1-4H3. The van der Waals surface area contributed by atoms with Crippen molar-refractivity contribution in [1.82, 2.24) is 9.97 Å². The van der Waals surface area contributed by atoms with Crippen molar-refractivity contribution in [1.29, 1.82) is 0 Å².